The molecule has 2 amide bonds. The Morgan fingerprint density at radius 3 is 2.36 bits per heavy atom. The SMILES string of the molecule is CCc1ccc(NC(=O)[C@@H](C)[NH+]2CC[NH+](CC(=O)N3CCOCC3)CC2)cc1. The molecule has 0 bridgehead atoms. The van der Waals surface area contributed by atoms with E-state index in [1.54, 1.807) is 0 Å². The zero-order chi connectivity index (χ0) is 19.9. The number of nitrogens with zero attached hydrogens (tertiary/aromatic N) is 1. The van der Waals surface area contributed by atoms with Gasteiger partial charge in [-0.05, 0) is 31.0 Å². The van der Waals surface area contributed by atoms with Crippen LogP contribution >= 0.6 is 0 Å². The highest BCUT2D eigenvalue weighted by Crippen LogP contribution is 2.10. The van der Waals surface area contributed by atoms with E-state index in [1.807, 2.05) is 24.0 Å². The van der Waals surface area contributed by atoms with Gasteiger partial charge in [0.15, 0.2) is 12.6 Å². The van der Waals surface area contributed by atoms with Crippen molar-refractivity contribution in [3.05, 3.63) is 29.8 Å². The molecule has 1 aromatic carbocycles. The van der Waals surface area contributed by atoms with Crippen molar-refractivity contribution in [3.8, 4) is 0 Å². The van der Waals surface area contributed by atoms with Crippen LogP contribution in [0.3, 0.4) is 0 Å². The molecule has 154 valence electrons. The number of benzene rings is 1. The zero-order valence-electron chi connectivity index (χ0n) is 17.1. The van der Waals surface area contributed by atoms with Crippen molar-refractivity contribution in [3.63, 3.8) is 0 Å². The van der Waals surface area contributed by atoms with Gasteiger partial charge in [0.1, 0.15) is 26.2 Å². The molecule has 0 unspecified atom stereocenters. The van der Waals surface area contributed by atoms with Crippen LogP contribution in [0, 0.1) is 0 Å². The molecule has 0 aromatic heterocycles. The van der Waals surface area contributed by atoms with Crippen molar-refractivity contribution in [1.29, 1.82) is 0 Å². The largest absolute Gasteiger partial charge is 0.378 e. The maximum atomic E-state index is 12.6. The Morgan fingerprint density at radius 1 is 1.11 bits per heavy atom. The summed E-state index contributed by atoms with van der Waals surface area (Å²) in [5.74, 6) is 0.287. The summed E-state index contributed by atoms with van der Waals surface area (Å²) >= 11 is 0. The summed E-state index contributed by atoms with van der Waals surface area (Å²) in [6, 6.07) is 7.96. The number of hydrogen-bond donors (Lipinski definition) is 3. The monoisotopic (exact) mass is 390 g/mol. The highest BCUT2D eigenvalue weighted by Gasteiger charge is 2.32. The van der Waals surface area contributed by atoms with Gasteiger partial charge >= 0.3 is 0 Å². The average Bonchev–Trinajstić information content (AvgIpc) is 2.75. The summed E-state index contributed by atoms with van der Waals surface area (Å²) < 4.78 is 5.31. The van der Waals surface area contributed by atoms with Gasteiger partial charge in [-0.2, -0.15) is 0 Å². The number of aryl methyl sites for hydroxylation is 1. The number of ether oxygens (including phenoxy) is 1. The number of anilines is 1. The summed E-state index contributed by atoms with van der Waals surface area (Å²) in [7, 11) is 0. The predicted octanol–water partition coefficient (Wildman–Crippen LogP) is -1.78. The third-order valence-corrected chi connectivity index (χ3v) is 6.00. The minimum Gasteiger partial charge on any atom is -0.378 e. The smallest absolute Gasteiger partial charge is 0.282 e. The number of amides is 2. The van der Waals surface area contributed by atoms with Crippen LogP contribution in [0.1, 0.15) is 19.4 Å². The van der Waals surface area contributed by atoms with Gasteiger partial charge in [0, 0.05) is 18.8 Å². The lowest BCUT2D eigenvalue weighted by atomic mass is 10.1. The Kier molecular flexibility index (Phi) is 7.42. The van der Waals surface area contributed by atoms with E-state index in [-0.39, 0.29) is 17.9 Å². The Balaban J connectivity index is 1.42. The van der Waals surface area contributed by atoms with Gasteiger partial charge in [-0.3, -0.25) is 9.59 Å². The van der Waals surface area contributed by atoms with Crippen LogP contribution in [0.2, 0.25) is 0 Å². The molecule has 0 radical (unpaired) electrons. The molecule has 7 heteroatoms. The maximum absolute atomic E-state index is 12.6. The molecule has 2 saturated heterocycles. The molecule has 0 spiro atoms. The maximum Gasteiger partial charge on any atom is 0.282 e. The minimum atomic E-state index is -0.0950. The highest BCUT2D eigenvalue weighted by molar-refractivity contribution is 5.93. The zero-order valence-corrected chi connectivity index (χ0v) is 17.1. The van der Waals surface area contributed by atoms with E-state index in [9.17, 15) is 9.59 Å². The van der Waals surface area contributed by atoms with E-state index in [1.165, 1.54) is 15.4 Å². The van der Waals surface area contributed by atoms with E-state index in [0.29, 0.717) is 32.8 Å². The minimum absolute atomic E-state index is 0.0621. The fourth-order valence-corrected chi connectivity index (χ4v) is 3.93. The Labute approximate surface area is 167 Å². The van der Waals surface area contributed by atoms with Crippen molar-refractivity contribution in [1.82, 2.24) is 4.90 Å². The summed E-state index contributed by atoms with van der Waals surface area (Å²) in [6.07, 6.45) is 0.995. The van der Waals surface area contributed by atoms with Gasteiger partial charge in [-0.25, -0.2) is 0 Å². The summed E-state index contributed by atoms with van der Waals surface area (Å²) in [4.78, 5) is 29.6. The third-order valence-electron chi connectivity index (χ3n) is 6.00. The first kappa shape index (κ1) is 20.8. The van der Waals surface area contributed by atoms with Crippen molar-refractivity contribution >= 4 is 17.5 Å². The quantitative estimate of drug-likeness (QED) is 0.538. The lowest BCUT2D eigenvalue weighted by Crippen LogP contribution is -3.30. The van der Waals surface area contributed by atoms with Gasteiger partial charge < -0.3 is 24.8 Å². The normalized spacial score (nSPS) is 23.9. The Bertz CT molecular complexity index is 650. The number of hydrogen-bond acceptors (Lipinski definition) is 3. The topological polar surface area (TPSA) is 67.5 Å². The number of carbonyl (C=O) groups excluding carboxylic acids is 2. The third kappa shape index (κ3) is 5.53. The van der Waals surface area contributed by atoms with E-state index in [4.69, 9.17) is 4.74 Å². The molecule has 3 N–H and O–H groups in total. The van der Waals surface area contributed by atoms with E-state index in [2.05, 4.69) is 24.4 Å². The van der Waals surface area contributed by atoms with E-state index in [0.717, 1.165) is 38.3 Å². The molecule has 2 aliphatic rings. The first-order valence-corrected chi connectivity index (χ1v) is 10.5. The second-order valence-corrected chi connectivity index (χ2v) is 7.84. The number of morpholine rings is 1. The molecule has 0 saturated carbocycles. The van der Waals surface area contributed by atoms with Gasteiger partial charge in [-0.15, -0.1) is 0 Å². The molecule has 0 aliphatic carbocycles. The van der Waals surface area contributed by atoms with E-state index >= 15 is 0 Å². The predicted molar refractivity (Wildman–Crippen MR) is 108 cm³/mol. The van der Waals surface area contributed by atoms with Crippen LogP contribution in [0.15, 0.2) is 24.3 Å². The lowest BCUT2D eigenvalue weighted by molar-refractivity contribution is -1.01. The first-order chi connectivity index (χ1) is 13.6. The standard InChI is InChI=1S/C21H32N4O3/c1-3-18-4-6-19(7-5-18)22-21(27)17(2)24-10-8-23(9-11-24)16-20(26)25-12-14-28-15-13-25/h4-7,17H,3,8-16H2,1-2H3,(H,22,27)/p+2/t17-/m1/s1. The molecule has 1 aromatic rings. The molecule has 2 fully saturated rings. The number of carbonyl (C=O) groups is 2. The molecule has 3 rings (SSSR count). The second kappa shape index (κ2) is 10.0. The molecule has 1 atom stereocenters. The van der Waals surface area contributed by atoms with E-state index < -0.39 is 0 Å². The van der Waals surface area contributed by atoms with Gasteiger partial charge in [0.05, 0.1) is 13.2 Å². The summed E-state index contributed by atoms with van der Waals surface area (Å²) in [5.41, 5.74) is 2.12. The van der Waals surface area contributed by atoms with Crippen molar-refractivity contribution in [2.24, 2.45) is 0 Å². The number of nitrogens with one attached hydrogen (secondary N) is 3. The molecule has 28 heavy (non-hydrogen) atoms. The van der Waals surface area contributed by atoms with Crippen LogP contribution < -0.4 is 15.1 Å². The summed E-state index contributed by atoms with van der Waals surface area (Å²) in [5, 5.41) is 3.04. The van der Waals surface area contributed by atoms with Crippen molar-refractivity contribution < 1.29 is 24.1 Å². The Hall–Kier alpha value is -1.96. The molecular weight excluding hydrogens is 356 g/mol. The molecule has 2 heterocycles. The van der Waals surface area contributed by atoms with Crippen LogP contribution in [-0.2, 0) is 20.7 Å². The van der Waals surface area contributed by atoms with Gasteiger partial charge in [0.2, 0.25) is 0 Å². The van der Waals surface area contributed by atoms with Crippen molar-refractivity contribution in [2.75, 3.05) is 64.3 Å². The Morgan fingerprint density at radius 2 is 1.75 bits per heavy atom. The number of quaternary nitrogens is 2. The molecular formula is C21H34N4O3+2. The van der Waals surface area contributed by atoms with Crippen LogP contribution in [0.5, 0.6) is 0 Å². The van der Waals surface area contributed by atoms with Crippen LogP contribution in [0.25, 0.3) is 0 Å². The second-order valence-electron chi connectivity index (χ2n) is 7.84. The van der Waals surface area contributed by atoms with Gasteiger partial charge in [0.25, 0.3) is 11.8 Å². The van der Waals surface area contributed by atoms with Gasteiger partial charge in [-0.1, -0.05) is 19.1 Å². The molecule has 7 nitrogen and oxygen atoms in total. The first-order valence-electron chi connectivity index (χ1n) is 10.5. The molecule has 2 aliphatic heterocycles. The number of rotatable bonds is 6. The summed E-state index contributed by atoms with van der Waals surface area (Å²) in [6.45, 7) is 11.0. The fourth-order valence-electron chi connectivity index (χ4n) is 3.93. The number of piperazine rings is 1. The lowest BCUT2D eigenvalue weighted by Gasteiger charge is -2.34. The average molecular weight is 391 g/mol. The fraction of sp³-hybridized carbons (Fsp3) is 0.619. The van der Waals surface area contributed by atoms with Crippen molar-refractivity contribution in [2.45, 2.75) is 26.3 Å². The van der Waals surface area contributed by atoms with Crippen LogP contribution in [0.4, 0.5) is 5.69 Å². The van der Waals surface area contributed by atoms with Crippen LogP contribution in [-0.4, -0.2) is 81.8 Å². The highest BCUT2D eigenvalue weighted by atomic mass is 16.5.